The predicted octanol–water partition coefficient (Wildman–Crippen LogP) is 0.580. The van der Waals surface area contributed by atoms with Gasteiger partial charge in [-0.1, -0.05) is 41.0 Å². The molecule has 0 fully saturated rings. The Labute approximate surface area is 122 Å². The zero-order chi connectivity index (χ0) is 11.4. The second-order valence-corrected chi connectivity index (χ2v) is 5.28. The van der Waals surface area contributed by atoms with Crippen molar-refractivity contribution in [1.29, 1.82) is 0 Å². The molecule has 1 heterocycles. The average molecular weight is 311 g/mol. The lowest BCUT2D eigenvalue weighted by molar-refractivity contribution is -0.00000309. The summed E-state index contributed by atoms with van der Waals surface area (Å²) in [5.74, 6) is 0.864. The van der Waals surface area contributed by atoms with Gasteiger partial charge in [0.15, 0.2) is 5.17 Å². The van der Waals surface area contributed by atoms with Crippen LogP contribution in [0.1, 0.15) is 12.0 Å². The molecule has 2 nitrogen and oxygen atoms in total. The van der Waals surface area contributed by atoms with Crippen LogP contribution in [0, 0.1) is 0 Å². The fraction of sp³-hybridized carbons (Fsp3) is 0.364. The first-order valence-corrected chi connectivity index (χ1v) is 6.85. The summed E-state index contributed by atoms with van der Waals surface area (Å²) in [6.07, 6.45) is 1.12. The van der Waals surface area contributed by atoms with Crippen molar-refractivity contribution in [3.63, 3.8) is 0 Å². The number of aliphatic imine (C=N–C) groups is 1. The van der Waals surface area contributed by atoms with Crippen LogP contribution in [0.2, 0.25) is 10.0 Å². The maximum atomic E-state index is 5.95. The Morgan fingerprint density at radius 3 is 2.76 bits per heavy atom. The lowest BCUT2D eigenvalue weighted by Crippen LogP contribution is -3.00. The smallest absolute Gasteiger partial charge is 0.156 e. The summed E-state index contributed by atoms with van der Waals surface area (Å²) in [4.78, 5) is 4.39. The summed E-state index contributed by atoms with van der Waals surface area (Å²) in [5.41, 5.74) is 1.16. The first kappa shape index (κ1) is 15.0. The lowest BCUT2D eigenvalue weighted by atomic mass is 10.2. The maximum Gasteiger partial charge on any atom is 0.156 e. The second-order valence-electron chi connectivity index (χ2n) is 3.50. The third-order valence-electron chi connectivity index (χ3n) is 2.23. The second kappa shape index (κ2) is 7.37. The first-order valence-electron chi connectivity index (χ1n) is 5.11. The van der Waals surface area contributed by atoms with Gasteiger partial charge >= 0.3 is 0 Å². The lowest BCUT2D eigenvalue weighted by Gasteiger charge is -2.13. The van der Waals surface area contributed by atoms with Gasteiger partial charge in [0.05, 0.1) is 10.0 Å². The number of nitrogens with zero attached hydrogens (tertiary/aromatic N) is 1. The van der Waals surface area contributed by atoms with Crippen molar-refractivity contribution in [3.05, 3.63) is 33.8 Å². The molecule has 1 aromatic carbocycles. The number of benzene rings is 1. The molecule has 0 aromatic heterocycles. The zero-order valence-electron chi connectivity index (χ0n) is 9.05. The van der Waals surface area contributed by atoms with Crippen LogP contribution < -0.4 is 17.7 Å². The van der Waals surface area contributed by atoms with Gasteiger partial charge in [0.1, 0.15) is 0 Å². The summed E-state index contributed by atoms with van der Waals surface area (Å²) < 4.78 is 0. The van der Waals surface area contributed by atoms with Crippen molar-refractivity contribution >= 4 is 40.1 Å². The number of hydrogen-bond acceptors (Lipinski definition) is 3. The van der Waals surface area contributed by atoms with Crippen molar-refractivity contribution in [1.82, 2.24) is 5.32 Å². The summed E-state index contributed by atoms with van der Waals surface area (Å²) in [5, 5.41) is 5.50. The van der Waals surface area contributed by atoms with Crippen molar-refractivity contribution < 1.29 is 12.4 Å². The third-order valence-corrected chi connectivity index (χ3v) is 3.99. The normalized spacial score (nSPS) is 14.6. The minimum absolute atomic E-state index is 0. The minimum atomic E-state index is 0. The van der Waals surface area contributed by atoms with Gasteiger partial charge in [-0.3, -0.25) is 4.99 Å². The standard InChI is InChI=1S/C11H12Cl2N2S.ClH/c12-9-3-2-8(6-10(9)13)7-16-11-14-4-1-5-15-11;/h2-3,6H,1,4-5,7H2,(H,14,15);1H/p-1. The van der Waals surface area contributed by atoms with Gasteiger partial charge in [-0.2, -0.15) is 0 Å². The Bertz CT molecular complexity index is 410. The number of nitrogens with one attached hydrogen (secondary N) is 1. The molecular formula is C11H12Cl3N2S-. The van der Waals surface area contributed by atoms with Gasteiger partial charge < -0.3 is 17.7 Å². The van der Waals surface area contributed by atoms with E-state index in [1.807, 2.05) is 18.2 Å². The fourth-order valence-electron chi connectivity index (χ4n) is 1.39. The van der Waals surface area contributed by atoms with Crippen LogP contribution in [-0.2, 0) is 5.75 Å². The van der Waals surface area contributed by atoms with Crippen LogP contribution in [0.15, 0.2) is 23.2 Å². The van der Waals surface area contributed by atoms with Gasteiger partial charge in [0.2, 0.25) is 0 Å². The highest BCUT2D eigenvalue weighted by Crippen LogP contribution is 2.24. The van der Waals surface area contributed by atoms with Crippen molar-refractivity contribution in [2.45, 2.75) is 12.2 Å². The van der Waals surface area contributed by atoms with Crippen LogP contribution >= 0.6 is 35.0 Å². The van der Waals surface area contributed by atoms with Crippen LogP contribution in [0.25, 0.3) is 0 Å². The van der Waals surface area contributed by atoms with Gasteiger partial charge in [0, 0.05) is 18.8 Å². The van der Waals surface area contributed by atoms with E-state index in [9.17, 15) is 0 Å². The van der Waals surface area contributed by atoms with Gasteiger partial charge in [-0.25, -0.2) is 0 Å². The highest BCUT2D eigenvalue weighted by atomic mass is 35.5. The molecule has 0 bridgehead atoms. The summed E-state index contributed by atoms with van der Waals surface area (Å²) in [6, 6.07) is 5.72. The highest BCUT2D eigenvalue weighted by Gasteiger charge is 2.05. The molecule has 2 rings (SSSR count). The Morgan fingerprint density at radius 2 is 2.12 bits per heavy atom. The highest BCUT2D eigenvalue weighted by molar-refractivity contribution is 8.13. The Morgan fingerprint density at radius 1 is 1.29 bits per heavy atom. The Balaban J connectivity index is 0.00000144. The monoisotopic (exact) mass is 309 g/mol. The summed E-state index contributed by atoms with van der Waals surface area (Å²) >= 11 is 13.5. The van der Waals surface area contributed by atoms with E-state index < -0.39 is 0 Å². The number of halogens is 3. The van der Waals surface area contributed by atoms with E-state index in [1.54, 1.807) is 11.8 Å². The summed E-state index contributed by atoms with van der Waals surface area (Å²) in [6.45, 7) is 1.95. The van der Waals surface area contributed by atoms with Crippen LogP contribution in [0.5, 0.6) is 0 Å². The quantitative estimate of drug-likeness (QED) is 0.864. The topological polar surface area (TPSA) is 24.4 Å². The zero-order valence-corrected chi connectivity index (χ0v) is 12.1. The molecule has 1 N–H and O–H groups in total. The number of amidine groups is 1. The number of hydrogen-bond donors (Lipinski definition) is 1. The SMILES string of the molecule is Clc1ccc(CSC2=NCCCN2)cc1Cl.[Cl-]. The van der Waals surface area contributed by atoms with E-state index in [4.69, 9.17) is 23.2 Å². The van der Waals surface area contributed by atoms with Crippen LogP contribution in [-0.4, -0.2) is 18.3 Å². The van der Waals surface area contributed by atoms with E-state index in [1.165, 1.54) is 0 Å². The molecule has 0 saturated heterocycles. The van der Waals surface area contributed by atoms with Crippen LogP contribution in [0.3, 0.4) is 0 Å². The van der Waals surface area contributed by atoms with E-state index >= 15 is 0 Å². The van der Waals surface area contributed by atoms with Gasteiger partial charge in [-0.15, -0.1) is 0 Å². The molecule has 0 radical (unpaired) electrons. The van der Waals surface area contributed by atoms with E-state index in [0.717, 1.165) is 36.0 Å². The molecule has 17 heavy (non-hydrogen) atoms. The van der Waals surface area contributed by atoms with Crippen molar-refractivity contribution in [3.8, 4) is 0 Å². The van der Waals surface area contributed by atoms with E-state index in [-0.39, 0.29) is 12.4 Å². The predicted molar refractivity (Wildman–Crippen MR) is 72.7 cm³/mol. The molecule has 0 unspecified atom stereocenters. The molecule has 0 aliphatic carbocycles. The molecular weight excluding hydrogens is 299 g/mol. The Hall–Kier alpha value is -0.0900. The van der Waals surface area contributed by atoms with Crippen molar-refractivity contribution in [2.24, 2.45) is 4.99 Å². The van der Waals surface area contributed by atoms with E-state index in [2.05, 4.69) is 10.3 Å². The minimum Gasteiger partial charge on any atom is -1.00 e. The number of thioether (sulfide) groups is 1. The van der Waals surface area contributed by atoms with Gasteiger partial charge in [0.25, 0.3) is 0 Å². The molecule has 0 spiro atoms. The number of rotatable bonds is 2. The molecule has 1 aliphatic heterocycles. The van der Waals surface area contributed by atoms with Gasteiger partial charge in [-0.05, 0) is 24.1 Å². The summed E-state index contributed by atoms with van der Waals surface area (Å²) in [7, 11) is 0. The molecule has 6 heteroatoms. The third kappa shape index (κ3) is 4.59. The largest absolute Gasteiger partial charge is 1.00 e. The van der Waals surface area contributed by atoms with Crippen molar-refractivity contribution in [2.75, 3.05) is 13.1 Å². The molecule has 0 atom stereocenters. The molecule has 0 saturated carbocycles. The molecule has 0 amide bonds. The first-order chi connectivity index (χ1) is 7.75. The Kier molecular flexibility index (Phi) is 6.49. The van der Waals surface area contributed by atoms with Crippen LogP contribution in [0.4, 0.5) is 0 Å². The molecule has 1 aromatic rings. The average Bonchev–Trinajstić information content (AvgIpc) is 2.32. The fourth-order valence-corrected chi connectivity index (χ4v) is 2.58. The van der Waals surface area contributed by atoms with E-state index in [0.29, 0.717) is 10.0 Å². The molecule has 1 aliphatic rings. The maximum absolute atomic E-state index is 5.95. The molecule has 94 valence electrons.